The predicted octanol–water partition coefficient (Wildman–Crippen LogP) is 7.74. The third-order valence-corrected chi connectivity index (χ3v) is 10.5. The standard InChI is InChI=1S/C25H31ClF2Si/c26-29-15-13-22(14-16-29)20-7-3-18(4-8-20)1-2-19-5-9-21(10-6-19)23-11-12-24(27)25(28)17-23/h5-6,9-12,17-18,20,22,29H,1-4,7-8,13-16H2/t18-,20-,22?,29?. The molecule has 0 aromatic heterocycles. The summed E-state index contributed by atoms with van der Waals surface area (Å²) in [7, 11) is -0.838. The van der Waals surface area contributed by atoms with Gasteiger partial charge in [0.05, 0.1) is 0 Å². The Morgan fingerprint density at radius 3 is 2.03 bits per heavy atom. The molecule has 1 aliphatic carbocycles. The quantitative estimate of drug-likeness (QED) is 0.334. The van der Waals surface area contributed by atoms with Crippen molar-refractivity contribution in [3.8, 4) is 11.1 Å². The number of halogens is 3. The maximum atomic E-state index is 13.5. The van der Waals surface area contributed by atoms with Gasteiger partial charge < -0.3 is 0 Å². The molecular formula is C25H31ClF2Si. The Kier molecular flexibility index (Phi) is 7.07. The highest BCUT2D eigenvalue weighted by Gasteiger charge is 2.30. The van der Waals surface area contributed by atoms with Crippen molar-refractivity contribution < 1.29 is 8.78 Å². The van der Waals surface area contributed by atoms with Gasteiger partial charge in [-0.1, -0.05) is 56.0 Å². The Morgan fingerprint density at radius 1 is 0.759 bits per heavy atom. The van der Waals surface area contributed by atoms with Crippen molar-refractivity contribution >= 4 is 19.2 Å². The Hall–Kier alpha value is -1.19. The van der Waals surface area contributed by atoms with Gasteiger partial charge in [0, 0.05) is 0 Å². The van der Waals surface area contributed by atoms with E-state index in [2.05, 4.69) is 12.1 Å². The molecular weight excluding hydrogens is 402 g/mol. The molecule has 0 radical (unpaired) electrons. The van der Waals surface area contributed by atoms with E-state index >= 15 is 0 Å². The topological polar surface area (TPSA) is 0 Å². The molecule has 2 aromatic rings. The van der Waals surface area contributed by atoms with Crippen molar-refractivity contribution in [1.29, 1.82) is 0 Å². The lowest BCUT2D eigenvalue weighted by Gasteiger charge is -2.36. The zero-order chi connectivity index (χ0) is 20.2. The van der Waals surface area contributed by atoms with Crippen LogP contribution in [0, 0.1) is 29.4 Å². The Bertz CT molecular complexity index is 791. The van der Waals surface area contributed by atoms with Crippen molar-refractivity contribution in [2.75, 3.05) is 0 Å². The van der Waals surface area contributed by atoms with Gasteiger partial charge in [0.1, 0.15) is 8.11 Å². The summed E-state index contributed by atoms with van der Waals surface area (Å²) in [5.74, 6) is 1.19. The summed E-state index contributed by atoms with van der Waals surface area (Å²) < 4.78 is 26.6. The molecule has 1 aliphatic heterocycles. The van der Waals surface area contributed by atoms with E-state index in [0.29, 0.717) is 0 Å². The maximum absolute atomic E-state index is 13.5. The summed E-state index contributed by atoms with van der Waals surface area (Å²) in [4.78, 5) is 0. The molecule has 0 spiro atoms. The van der Waals surface area contributed by atoms with E-state index in [0.717, 1.165) is 35.3 Å². The molecule has 1 saturated carbocycles. The van der Waals surface area contributed by atoms with Gasteiger partial charge in [0.15, 0.2) is 11.6 Å². The Morgan fingerprint density at radius 2 is 1.38 bits per heavy atom. The third-order valence-electron chi connectivity index (χ3n) is 7.31. The highest BCUT2D eigenvalue weighted by Crippen LogP contribution is 2.41. The fourth-order valence-electron chi connectivity index (χ4n) is 5.41. The first kappa shape index (κ1) is 21.1. The van der Waals surface area contributed by atoms with Crippen LogP contribution in [0.15, 0.2) is 42.5 Å². The normalized spacial score (nSPS) is 27.7. The van der Waals surface area contributed by atoms with E-state index in [1.165, 1.54) is 74.7 Å². The van der Waals surface area contributed by atoms with Gasteiger partial charge in [0.2, 0.25) is 0 Å². The summed E-state index contributed by atoms with van der Waals surface area (Å²) in [6.45, 7) is 0. The minimum Gasteiger partial charge on any atom is -0.204 e. The number of rotatable bonds is 5. The predicted molar refractivity (Wildman–Crippen MR) is 121 cm³/mol. The molecule has 0 bridgehead atoms. The minimum absolute atomic E-state index is 0.722. The highest BCUT2D eigenvalue weighted by atomic mass is 35.6. The van der Waals surface area contributed by atoms with Crippen LogP contribution in [0.5, 0.6) is 0 Å². The zero-order valence-electron chi connectivity index (χ0n) is 17.1. The lowest BCUT2D eigenvalue weighted by Crippen LogP contribution is -2.26. The maximum Gasteiger partial charge on any atom is 0.159 e. The fraction of sp³-hybridized carbons (Fsp3) is 0.520. The van der Waals surface area contributed by atoms with Crippen LogP contribution >= 0.6 is 11.1 Å². The van der Waals surface area contributed by atoms with Gasteiger partial charge >= 0.3 is 0 Å². The van der Waals surface area contributed by atoms with Crippen molar-refractivity contribution in [2.24, 2.45) is 17.8 Å². The minimum atomic E-state index is -0.838. The first-order chi connectivity index (χ1) is 14.1. The van der Waals surface area contributed by atoms with Gasteiger partial charge in [-0.3, -0.25) is 0 Å². The SMILES string of the molecule is Fc1ccc(-c2ccc(CC[C@H]3CC[C@H](C4CC[SiH](Cl)CC4)CC3)cc2)cc1F. The first-order valence-corrected chi connectivity index (χ1v) is 14.6. The van der Waals surface area contributed by atoms with Crippen LogP contribution < -0.4 is 0 Å². The molecule has 156 valence electrons. The van der Waals surface area contributed by atoms with Crippen LogP contribution in [0.2, 0.25) is 12.1 Å². The monoisotopic (exact) mass is 432 g/mol. The van der Waals surface area contributed by atoms with Crippen LogP contribution in [0.1, 0.15) is 50.5 Å². The van der Waals surface area contributed by atoms with E-state index < -0.39 is 19.7 Å². The van der Waals surface area contributed by atoms with E-state index in [4.69, 9.17) is 11.1 Å². The van der Waals surface area contributed by atoms with E-state index in [9.17, 15) is 8.78 Å². The molecule has 1 saturated heterocycles. The van der Waals surface area contributed by atoms with Gasteiger partial charge in [-0.25, -0.2) is 8.78 Å². The summed E-state index contributed by atoms with van der Waals surface area (Å²) in [6.07, 6.45) is 10.8. The Labute approximate surface area is 180 Å². The van der Waals surface area contributed by atoms with Crippen molar-refractivity contribution in [1.82, 2.24) is 0 Å². The van der Waals surface area contributed by atoms with Crippen LogP contribution in [-0.4, -0.2) is 8.11 Å². The second-order valence-electron chi connectivity index (χ2n) is 9.16. The molecule has 0 amide bonds. The van der Waals surface area contributed by atoms with Gasteiger partial charge in [-0.15, -0.1) is 0 Å². The molecule has 0 nitrogen and oxygen atoms in total. The highest BCUT2D eigenvalue weighted by molar-refractivity contribution is 7.07. The number of hydrogen-bond acceptors (Lipinski definition) is 0. The van der Waals surface area contributed by atoms with Gasteiger partial charge in [0.25, 0.3) is 0 Å². The molecule has 0 atom stereocenters. The average Bonchev–Trinajstić information content (AvgIpc) is 2.76. The average molecular weight is 433 g/mol. The van der Waals surface area contributed by atoms with Crippen LogP contribution in [0.25, 0.3) is 11.1 Å². The zero-order valence-corrected chi connectivity index (χ0v) is 19.0. The van der Waals surface area contributed by atoms with Crippen molar-refractivity contribution in [3.05, 3.63) is 59.7 Å². The summed E-state index contributed by atoms with van der Waals surface area (Å²) in [5.41, 5.74) is 2.99. The van der Waals surface area contributed by atoms with E-state index in [1.807, 2.05) is 12.1 Å². The molecule has 0 unspecified atom stereocenters. The molecule has 4 rings (SSSR count). The first-order valence-electron chi connectivity index (χ1n) is 11.3. The summed E-state index contributed by atoms with van der Waals surface area (Å²) in [5, 5.41) is 0. The summed E-state index contributed by atoms with van der Waals surface area (Å²) in [6, 6.07) is 15.1. The van der Waals surface area contributed by atoms with E-state index in [1.54, 1.807) is 6.07 Å². The molecule has 0 N–H and O–H groups in total. The van der Waals surface area contributed by atoms with Crippen LogP contribution in [0.3, 0.4) is 0 Å². The molecule has 2 aromatic carbocycles. The van der Waals surface area contributed by atoms with E-state index in [-0.39, 0.29) is 0 Å². The molecule has 29 heavy (non-hydrogen) atoms. The fourth-order valence-corrected chi connectivity index (χ4v) is 8.03. The molecule has 1 heterocycles. The lowest BCUT2D eigenvalue weighted by atomic mass is 9.73. The third kappa shape index (κ3) is 5.49. The Balaban J connectivity index is 1.24. The smallest absolute Gasteiger partial charge is 0.159 e. The van der Waals surface area contributed by atoms with Crippen LogP contribution in [-0.2, 0) is 6.42 Å². The molecule has 2 fully saturated rings. The van der Waals surface area contributed by atoms with Crippen LogP contribution in [0.4, 0.5) is 8.78 Å². The van der Waals surface area contributed by atoms with Gasteiger partial charge in [-0.05, 0) is 84.3 Å². The molecule has 2 aliphatic rings. The molecule has 4 heteroatoms. The number of aryl methyl sites for hydroxylation is 1. The second-order valence-corrected chi connectivity index (χ2v) is 13.4. The van der Waals surface area contributed by atoms with Gasteiger partial charge in [-0.2, -0.15) is 11.1 Å². The van der Waals surface area contributed by atoms with Crippen molar-refractivity contribution in [3.63, 3.8) is 0 Å². The van der Waals surface area contributed by atoms with Crippen molar-refractivity contribution in [2.45, 2.75) is 63.5 Å². The number of benzene rings is 2. The largest absolute Gasteiger partial charge is 0.204 e. The number of hydrogen-bond donors (Lipinski definition) is 0. The summed E-state index contributed by atoms with van der Waals surface area (Å²) >= 11 is 6.41. The lowest BCUT2D eigenvalue weighted by molar-refractivity contribution is 0.187. The second kappa shape index (κ2) is 9.74.